The molecule has 20 heavy (non-hydrogen) atoms. The van der Waals surface area contributed by atoms with Gasteiger partial charge >= 0.3 is 0 Å². The third-order valence-electron chi connectivity index (χ3n) is 4.44. The molecule has 1 heterocycles. The van der Waals surface area contributed by atoms with Crippen molar-refractivity contribution in [1.82, 2.24) is 5.32 Å². The van der Waals surface area contributed by atoms with Crippen LogP contribution in [-0.4, -0.2) is 12.8 Å². The van der Waals surface area contributed by atoms with Crippen molar-refractivity contribution in [2.24, 2.45) is 5.92 Å². The number of nitrogens with one attached hydrogen (secondary N) is 1. The van der Waals surface area contributed by atoms with E-state index in [0.29, 0.717) is 16.8 Å². The highest BCUT2D eigenvalue weighted by molar-refractivity contribution is 6.32. The quantitative estimate of drug-likeness (QED) is 0.906. The van der Waals surface area contributed by atoms with Crippen molar-refractivity contribution in [2.45, 2.75) is 51.6 Å². The molecule has 1 saturated carbocycles. The number of ether oxygens (including phenoxy) is 2. The highest BCUT2D eigenvalue weighted by Gasteiger charge is 2.21. The Kier molecular flexibility index (Phi) is 4.37. The first kappa shape index (κ1) is 14.0. The van der Waals surface area contributed by atoms with Gasteiger partial charge in [0.05, 0.1) is 5.02 Å². The molecule has 0 saturated heterocycles. The van der Waals surface area contributed by atoms with E-state index < -0.39 is 0 Å². The Balaban J connectivity index is 1.60. The van der Waals surface area contributed by atoms with Gasteiger partial charge in [0.2, 0.25) is 6.79 Å². The lowest BCUT2D eigenvalue weighted by Gasteiger charge is -2.29. The van der Waals surface area contributed by atoms with Gasteiger partial charge in [-0.25, -0.2) is 0 Å². The number of fused-ring (bicyclic) bond motifs is 1. The molecule has 3 nitrogen and oxygen atoms in total. The van der Waals surface area contributed by atoms with Crippen LogP contribution < -0.4 is 14.8 Å². The van der Waals surface area contributed by atoms with Crippen molar-refractivity contribution in [2.75, 3.05) is 6.79 Å². The summed E-state index contributed by atoms with van der Waals surface area (Å²) in [6.07, 6.45) is 6.63. The molecular formula is C16H22ClNO2. The lowest BCUT2D eigenvalue weighted by molar-refractivity contribution is 0.174. The Bertz CT molecular complexity index is 478. The van der Waals surface area contributed by atoms with Crippen LogP contribution in [0.1, 0.15) is 44.6 Å². The van der Waals surface area contributed by atoms with Gasteiger partial charge < -0.3 is 14.8 Å². The van der Waals surface area contributed by atoms with Crippen LogP contribution in [0.3, 0.4) is 0 Å². The number of benzene rings is 1. The summed E-state index contributed by atoms with van der Waals surface area (Å²) >= 11 is 6.21. The van der Waals surface area contributed by atoms with Gasteiger partial charge in [-0.1, -0.05) is 37.8 Å². The zero-order chi connectivity index (χ0) is 13.9. The second-order valence-corrected chi connectivity index (χ2v) is 6.24. The maximum Gasteiger partial charge on any atom is 0.231 e. The van der Waals surface area contributed by atoms with Crippen LogP contribution >= 0.6 is 11.6 Å². The summed E-state index contributed by atoms with van der Waals surface area (Å²) < 4.78 is 10.7. The Morgan fingerprint density at radius 2 is 2.20 bits per heavy atom. The maximum absolute atomic E-state index is 6.21. The van der Waals surface area contributed by atoms with E-state index in [9.17, 15) is 0 Å². The zero-order valence-electron chi connectivity index (χ0n) is 12.0. The van der Waals surface area contributed by atoms with Crippen molar-refractivity contribution < 1.29 is 9.47 Å². The summed E-state index contributed by atoms with van der Waals surface area (Å²) in [4.78, 5) is 0. The van der Waals surface area contributed by atoms with Crippen LogP contribution in [0.15, 0.2) is 12.1 Å². The molecular weight excluding hydrogens is 274 g/mol. The molecule has 1 N–H and O–H groups in total. The zero-order valence-corrected chi connectivity index (χ0v) is 12.7. The summed E-state index contributed by atoms with van der Waals surface area (Å²) in [7, 11) is 0. The average Bonchev–Trinajstić information content (AvgIpc) is 2.94. The molecule has 0 spiro atoms. The van der Waals surface area contributed by atoms with E-state index in [1.54, 1.807) is 0 Å². The lowest BCUT2D eigenvalue weighted by atomic mass is 9.84. The molecule has 4 heteroatoms. The molecule has 1 fully saturated rings. The van der Waals surface area contributed by atoms with E-state index in [-0.39, 0.29) is 6.79 Å². The molecule has 0 amide bonds. The molecule has 2 atom stereocenters. The minimum atomic E-state index is 0.271. The molecule has 1 aliphatic heterocycles. The smallest absolute Gasteiger partial charge is 0.231 e. The first-order chi connectivity index (χ1) is 9.76. The van der Waals surface area contributed by atoms with E-state index in [1.807, 2.05) is 12.1 Å². The number of hydrogen-bond donors (Lipinski definition) is 1. The van der Waals surface area contributed by atoms with Gasteiger partial charge in [-0.3, -0.25) is 0 Å². The van der Waals surface area contributed by atoms with Crippen molar-refractivity contribution >= 4 is 11.6 Å². The van der Waals surface area contributed by atoms with Crippen molar-refractivity contribution in [3.8, 4) is 11.5 Å². The minimum Gasteiger partial charge on any atom is -0.454 e. The molecule has 3 rings (SSSR count). The van der Waals surface area contributed by atoms with Gasteiger partial charge in [0, 0.05) is 12.6 Å². The fourth-order valence-corrected chi connectivity index (χ4v) is 3.52. The number of hydrogen-bond acceptors (Lipinski definition) is 3. The van der Waals surface area contributed by atoms with Crippen LogP contribution in [0.2, 0.25) is 5.02 Å². The van der Waals surface area contributed by atoms with E-state index in [4.69, 9.17) is 21.1 Å². The summed E-state index contributed by atoms with van der Waals surface area (Å²) in [5.41, 5.74) is 1.16. The lowest BCUT2D eigenvalue weighted by Crippen LogP contribution is -2.33. The van der Waals surface area contributed by atoms with E-state index in [0.717, 1.165) is 23.8 Å². The minimum absolute atomic E-state index is 0.271. The van der Waals surface area contributed by atoms with Crippen LogP contribution in [0, 0.1) is 5.92 Å². The summed E-state index contributed by atoms with van der Waals surface area (Å²) in [5, 5.41) is 4.31. The normalized spacial score (nSPS) is 24.9. The average molecular weight is 296 g/mol. The molecule has 1 aromatic carbocycles. The van der Waals surface area contributed by atoms with Gasteiger partial charge in [0.25, 0.3) is 0 Å². The highest BCUT2D eigenvalue weighted by Crippen LogP contribution is 2.39. The van der Waals surface area contributed by atoms with Crippen molar-refractivity contribution in [3.63, 3.8) is 0 Å². The second-order valence-electron chi connectivity index (χ2n) is 5.83. The third kappa shape index (κ3) is 3.04. The molecule has 0 bridgehead atoms. The largest absolute Gasteiger partial charge is 0.454 e. The maximum atomic E-state index is 6.21. The molecule has 2 unspecified atom stereocenters. The van der Waals surface area contributed by atoms with Gasteiger partial charge in [-0.15, -0.1) is 0 Å². The first-order valence-corrected chi connectivity index (χ1v) is 7.95. The highest BCUT2D eigenvalue weighted by atomic mass is 35.5. The fraction of sp³-hybridized carbons (Fsp3) is 0.625. The second kappa shape index (κ2) is 6.23. The monoisotopic (exact) mass is 295 g/mol. The van der Waals surface area contributed by atoms with Crippen molar-refractivity contribution in [3.05, 3.63) is 22.7 Å². The predicted molar refractivity (Wildman–Crippen MR) is 80.5 cm³/mol. The van der Waals surface area contributed by atoms with Gasteiger partial charge in [0.1, 0.15) is 0 Å². The SMILES string of the molecule is CCC1CCCC(NCc2cc(Cl)c3c(c2)OCO3)C1. The summed E-state index contributed by atoms with van der Waals surface area (Å²) in [6, 6.07) is 4.64. The van der Waals surface area contributed by atoms with E-state index in [1.165, 1.54) is 32.1 Å². The van der Waals surface area contributed by atoms with E-state index in [2.05, 4.69) is 12.2 Å². The van der Waals surface area contributed by atoms with Crippen molar-refractivity contribution in [1.29, 1.82) is 0 Å². The molecule has 0 radical (unpaired) electrons. The Morgan fingerprint density at radius 1 is 1.30 bits per heavy atom. The van der Waals surface area contributed by atoms with Crippen LogP contribution in [0.4, 0.5) is 0 Å². The van der Waals surface area contributed by atoms with Crippen LogP contribution in [-0.2, 0) is 6.54 Å². The Labute approximate surface area is 125 Å². The topological polar surface area (TPSA) is 30.5 Å². The fourth-order valence-electron chi connectivity index (χ4n) is 3.23. The van der Waals surface area contributed by atoms with Gasteiger partial charge in [0.15, 0.2) is 11.5 Å². The molecule has 1 aliphatic carbocycles. The predicted octanol–water partition coefficient (Wildman–Crippen LogP) is 4.13. The standard InChI is InChI=1S/C16H22ClNO2/c1-2-11-4-3-5-13(6-11)18-9-12-7-14(17)16-15(8-12)19-10-20-16/h7-8,11,13,18H,2-6,9-10H2,1H3. The summed E-state index contributed by atoms with van der Waals surface area (Å²) in [5.74, 6) is 2.34. The Hall–Kier alpha value is -0.930. The number of halogens is 1. The Morgan fingerprint density at radius 3 is 3.05 bits per heavy atom. The number of rotatable bonds is 4. The molecule has 2 aliphatic rings. The van der Waals surface area contributed by atoms with Gasteiger partial charge in [-0.2, -0.15) is 0 Å². The van der Waals surface area contributed by atoms with Gasteiger partial charge in [-0.05, 0) is 36.5 Å². The third-order valence-corrected chi connectivity index (χ3v) is 4.72. The molecule has 0 aromatic heterocycles. The van der Waals surface area contributed by atoms with Crippen LogP contribution in [0.25, 0.3) is 0 Å². The first-order valence-electron chi connectivity index (χ1n) is 7.57. The molecule has 1 aromatic rings. The van der Waals surface area contributed by atoms with Crippen LogP contribution in [0.5, 0.6) is 11.5 Å². The van der Waals surface area contributed by atoms with E-state index >= 15 is 0 Å². The molecule has 110 valence electrons. The summed E-state index contributed by atoms with van der Waals surface area (Å²) in [6.45, 7) is 3.41.